The molecule has 6 nitrogen and oxygen atoms in total. The summed E-state index contributed by atoms with van der Waals surface area (Å²) in [6.45, 7) is 0.998. The third kappa shape index (κ3) is 4.14. The first-order chi connectivity index (χ1) is 14.7. The topological polar surface area (TPSA) is 63.1 Å². The largest absolute Gasteiger partial charge is 0.367 e. The van der Waals surface area contributed by atoms with E-state index in [1.165, 1.54) is 10.9 Å². The van der Waals surface area contributed by atoms with Crippen LogP contribution < -0.4 is 0 Å². The summed E-state index contributed by atoms with van der Waals surface area (Å²) >= 11 is 0. The van der Waals surface area contributed by atoms with Crippen molar-refractivity contribution in [3.8, 4) is 0 Å². The summed E-state index contributed by atoms with van der Waals surface area (Å²) in [4.78, 5) is 23.1. The summed E-state index contributed by atoms with van der Waals surface area (Å²) in [5.74, 6) is 0.775. The first kappa shape index (κ1) is 19.9. The van der Waals surface area contributed by atoms with E-state index in [1.54, 1.807) is 13.3 Å². The van der Waals surface area contributed by atoms with Crippen molar-refractivity contribution in [3.05, 3.63) is 90.1 Å². The molecule has 6 heteroatoms. The van der Waals surface area contributed by atoms with Crippen molar-refractivity contribution in [1.29, 1.82) is 0 Å². The Morgan fingerprint density at radius 3 is 2.67 bits per heavy atom. The van der Waals surface area contributed by atoms with Crippen LogP contribution in [-0.4, -0.2) is 39.0 Å². The van der Waals surface area contributed by atoms with Crippen LogP contribution in [0.5, 0.6) is 0 Å². The molecule has 1 amide bonds. The third-order valence-corrected chi connectivity index (χ3v) is 5.45. The highest BCUT2D eigenvalue weighted by atomic mass is 16.5. The number of rotatable bonds is 8. The van der Waals surface area contributed by atoms with Gasteiger partial charge in [-0.1, -0.05) is 48.5 Å². The molecule has 2 aromatic heterocycles. The predicted molar refractivity (Wildman–Crippen MR) is 117 cm³/mol. The van der Waals surface area contributed by atoms with Crippen LogP contribution in [0.4, 0.5) is 0 Å². The number of aromatic amines is 1. The Hall–Kier alpha value is -3.38. The van der Waals surface area contributed by atoms with Crippen LogP contribution >= 0.6 is 0 Å². The van der Waals surface area contributed by atoms with Crippen molar-refractivity contribution in [1.82, 2.24) is 19.4 Å². The molecule has 1 unspecified atom stereocenters. The van der Waals surface area contributed by atoms with E-state index < -0.39 is 6.10 Å². The van der Waals surface area contributed by atoms with Gasteiger partial charge in [0.25, 0.3) is 5.91 Å². The number of benzene rings is 2. The molecular formula is C24H26N4O2. The van der Waals surface area contributed by atoms with Crippen molar-refractivity contribution >= 4 is 16.8 Å². The molecule has 30 heavy (non-hydrogen) atoms. The molecule has 0 aliphatic rings. The lowest BCUT2D eigenvalue weighted by Crippen LogP contribution is -2.37. The zero-order valence-corrected chi connectivity index (χ0v) is 17.3. The highest BCUT2D eigenvalue weighted by Gasteiger charge is 2.26. The molecule has 0 aliphatic heterocycles. The maximum absolute atomic E-state index is 13.5. The molecule has 1 N–H and O–H groups in total. The van der Waals surface area contributed by atoms with Crippen LogP contribution in [-0.2, 0) is 29.5 Å². The third-order valence-electron chi connectivity index (χ3n) is 5.45. The van der Waals surface area contributed by atoms with Crippen LogP contribution in [0.25, 0.3) is 10.9 Å². The Kier molecular flexibility index (Phi) is 5.95. The maximum Gasteiger partial charge on any atom is 0.256 e. The Morgan fingerprint density at radius 2 is 1.93 bits per heavy atom. The van der Waals surface area contributed by atoms with Crippen LogP contribution in [0.3, 0.4) is 0 Å². The molecule has 0 saturated carbocycles. The molecule has 0 fully saturated rings. The first-order valence-corrected chi connectivity index (χ1v) is 10.0. The van der Waals surface area contributed by atoms with Gasteiger partial charge in [0.15, 0.2) is 6.10 Å². The van der Waals surface area contributed by atoms with E-state index in [0.717, 1.165) is 23.3 Å². The summed E-state index contributed by atoms with van der Waals surface area (Å²) in [6, 6.07) is 17.8. The van der Waals surface area contributed by atoms with Crippen LogP contribution in [0.1, 0.15) is 23.1 Å². The van der Waals surface area contributed by atoms with Gasteiger partial charge >= 0.3 is 0 Å². The van der Waals surface area contributed by atoms with Gasteiger partial charge < -0.3 is 19.2 Å². The molecule has 0 bridgehead atoms. The zero-order valence-electron chi connectivity index (χ0n) is 17.3. The summed E-state index contributed by atoms with van der Waals surface area (Å²) in [7, 11) is 3.52. The lowest BCUT2D eigenvalue weighted by molar-refractivity contribution is -0.143. The molecule has 2 aromatic carbocycles. The van der Waals surface area contributed by atoms with Gasteiger partial charge in [0.1, 0.15) is 5.82 Å². The second kappa shape index (κ2) is 8.97. The maximum atomic E-state index is 13.5. The lowest BCUT2D eigenvalue weighted by Gasteiger charge is -2.27. The molecule has 4 rings (SSSR count). The molecule has 4 aromatic rings. The highest BCUT2D eigenvalue weighted by molar-refractivity contribution is 5.84. The lowest BCUT2D eigenvalue weighted by atomic mass is 10.1. The summed E-state index contributed by atoms with van der Waals surface area (Å²) in [6.07, 6.45) is 5.77. The van der Waals surface area contributed by atoms with Crippen molar-refractivity contribution in [2.75, 3.05) is 13.7 Å². The zero-order chi connectivity index (χ0) is 20.9. The van der Waals surface area contributed by atoms with E-state index in [0.29, 0.717) is 13.1 Å². The Bertz CT molecular complexity index is 1120. The van der Waals surface area contributed by atoms with Crippen molar-refractivity contribution < 1.29 is 9.53 Å². The fourth-order valence-corrected chi connectivity index (χ4v) is 3.75. The number of ether oxygens (including phenoxy) is 1. The van der Waals surface area contributed by atoms with Crippen molar-refractivity contribution in [2.45, 2.75) is 19.1 Å². The number of para-hydroxylation sites is 1. The van der Waals surface area contributed by atoms with Gasteiger partial charge in [-0.3, -0.25) is 4.79 Å². The first-order valence-electron chi connectivity index (χ1n) is 10.0. The number of aromatic nitrogens is 3. The van der Waals surface area contributed by atoms with Gasteiger partial charge in [-0.25, -0.2) is 4.98 Å². The van der Waals surface area contributed by atoms with Gasteiger partial charge in [0, 0.05) is 50.2 Å². The minimum absolute atomic E-state index is 0.0634. The second-order valence-electron chi connectivity index (χ2n) is 7.35. The van der Waals surface area contributed by atoms with E-state index in [4.69, 9.17) is 4.74 Å². The second-order valence-corrected chi connectivity index (χ2v) is 7.35. The predicted octanol–water partition coefficient (Wildman–Crippen LogP) is 3.86. The van der Waals surface area contributed by atoms with Crippen LogP contribution in [0.15, 0.2) is 73.2 Å². The quantitative estimate of drug-likeness (QED) is 0.487. The summed E-state index contributed by atoms with van der Waals surface area (Å²) < 4.78 is 7.55. The fourth-order valence-electron chi connectivity index (χ4n) is 3.75. The Labute approximate surface area is 176 Å². The smallest absolute Gasteiger partial charge is 0.256 e. The Balaban J connectivity index is 1.58. The standard InChI is InChI=1S/C24H26N4O2/c1-27-15-13-25-22(27)17-28(24(29)23(30-2)18-8-4-3-5-9-18)14-12-19-16-26-21-11-7-6-10-20(19)21/h3-11,13,15-16,23,26H,12,14,17H2,1-2H3. The number of methoxy groups -OCH3 is 1. The Morgan fingerprint density at radius 1 is 1.17 bits per heavy atom. The molecular weight excluding hydrogens is 376 g/mol. The van der Waals surface area contributed by atoms with E-state index >= 15 is 0 Å². The molecule has 0 radical (unpaired) electrons. The molecule has 1 atom stereocenters. The van der Waals surface area contributed by atoms with Crippen molar-refractivity contribution in [2.24, 2.45) is 7.05 Å². The van der Waals surface area contributed by atoms with E-state index in [2.05, 4.69) is 22.1 Å². The molecule has 0 spiro atoms. The number of fused-ring (bicyclic) bond motifs is 1. The normalized spacial score (nSPS) is 12.2. The molecule has 0 aliphatic carbocycles. The number of imidazole rings is 1. The minimum atomic E-state index is -0.644. The van der Waals surface area contributed by atoms with Gasteiger partial charge in [-0.15, -0.1) is 0 Å². The molecule has 2 heterocycles. The number of carbonyl (C=O) groups excluding carboxylic acids is 1. The molecule has 0 saturated heterocycles. The SMILES string of the molecule is COC(C(=O)N(CCc1c[nH]c2ccccc12)Cc1nccn1C)c1ccccc1. The van der Waals surface area contributed by atoms with E-state index in [-0.39, 0.29) is 5.91 Å². The van der Waals surface area contributed by atoms with Gasteiger partial charge in [-0.2, -0.15) is 0 Å². The number of amides is 1. The van der Waals surface area contributed by atoms with Gasteiger partial charge in [0.2, 0.25) is 0 Å². The number of nitrogens with one attached hydrogen (secondary N) is 1. The van der Waals surface area contributed by atoms with E-state index in [9.17, 15) is 4.79 Å². The average Bonchev–Trinajstić information content (AvgIpc) is 3.38. The summed E-state index contributed by atoms with van der Waals surface area (Å²) in [5.41, 5.74) is 3.15. The number of hydrogen-bond acceptors (Lipinski definition) is 3. The number of H-pyrrole nitrogens is 1. The molecule has 154 valence electrons. The highest BCUT2D eigenvalue weighted by Crippen LogP contribution is 2.22. The fraction of sp³-hybridized carbons (Fsp3) is 0.250. The minimum Gasteiger partial charge on any atom is -0.367 e. The number of hydrogen-bond donors (Lipinski definition) is 1. The van der Waals surface area contributed by atoms with Gasteiger partial charge in [-0.05, 0) is 23.6 Å². The monoisotopic (exact) mass is 402 g/mol. The summed E-state index contributed by atoms with van der Waals surface area (Å²) in [5, 5.41) is 1.19. The average molecular weight is 402 g/mol. The number of carbonyl (C=O) groups is 1. The van der Waals surface area contributed by atoms with E-state index in [1.807, 2.05) is 71.4 Å². The van der Waals surface area contributed by atoms with Crippen LogP contribution in [0.2, 0.25) is 0 Å². The number of aryl methyl sites for hydroxylation is 1. The number of nitrogens with zero attached hydrogens (tertiary/aromatic N) is 3. The van der Waals surface area contributed by atoms with Gasteiger partial charge in [0.05, 0.1) is 6.54 Å². The van der Waals surface area contributed by atoms with Crippen LogP contribution in [0, 0.1) is 0 Å². The van der Waals surface area contributed by atoms with Crippen molar-refractivity contribution in [3.63, 3.8) is 0 Å².